The zero-order valence-corrected chi connectivity index (χ0v) is 10.1. The first-order valence-corrected chi connectivity index (χ1v) is 5.54. The Morgan fingerprint density at radius 3 is 2.67 bits per heavy atom. The van der Waals surface area contributed by atoms with Crippen LogP contribution in [0.1, 0.15) is 22.3 Å². The Balaban J connectivity index is 2.48. The standard InChI is InChI=1S/C12H16FN3O2/c1-15-11(17)4-5-16-7-9-3-2-8(12(14)18)6-10(9)13/h2-3,6,16H,4-5,7H2,1H3,(H2,14,18)(H,15,17). The minimum atomic E-state index is -0.659. The quantitative estimate of drug-likeness (QED) is 0.631. The van der Waals surface area contributed by atoms with E-state index in [0.717, 1.165) is 6.07 Å². The van der Waals surface area contributed by atoms with Crippen LogP contribution in [0.4, 0.5) is 4.39 Å². The van der Waals surface area contributed by atoms with E-state index in [9.17, 15) is 14.0 Å². The highest BCUT2D eigenvalue weighted by molar-refractivity contribution is 5.92. The summed E-state index contributed by atoms with van der Waals surface area (Å²) in [5.41, 5.74) is 5.61. The van der Waals surface area contributed by atoms with Gasteiger partial charge in [0.2, 0.25) is 11.8 Å². The van der Waals surface area contributed by atoms with Crippen LogP contribution in [-0.2, 0) is 11.3 Å². The van der Waals surface area contributed by atoms with Gasteiger partial charge in [0.25, 0.3) is 0 Å². The lowest BCUT2D eigenvalue weighted by molar-refractivity contribution is -0.120. The lowest BCUT2D eigenvalue weighted by Gasteiger charge is -2.06. The number of nitrogens with two attached hydrogens (primary N) is 1. The molecule has 98 valence electrons. The number of carbonyl (C=O) groups excluding carboxylic acids is 2. The van der Waals surface area contributed by atoms with Crippen LogP contribution in [-0.4, -0.2) is 25.4 Å². The van der Waals surface area contributed by atoms with Crippen molar-refractivity contribution >= 4 is 11.8 Å². The first-order chi connectivity index (χ1) is 8.54. The second kappa shape index (κ2) is 6.70. The van der Waals surface area contributed by atoms with Crippen molar-refractivity contribution in [3.8, 4) is 0 Å². The third-order valence-corrected chi connectivity index (χ3v) is 2.46. The van der Waals surface area contributed by atoms with E-state index in [0.29, 0.717) is 25.1 Å². The summed E-state index contributed by atoms with van der Waals surface area (Å²) in [5.74, 6) is -1.22. The fourth-order valence-corrected chi connectivity index (χ4v) is 1.39. The molecule has 0 heterocycles. The van der Waals surface area contributed by atoms with Crippen molar-refractivity contribution in [3.63, 3.8) is 0 Å². The van der Waals surface area contributed by atoms with Crippen molar-refractivity contribution in [1.29, 1.82) is 0 Å². The molecule has 6 heteroatoms. The molecule has 0 saturated heterocycles. The largest absolute Gasteiger partial charge is 0.366 e. The second-order valence-corrected chi connectivity index (χ2v) is 3.77. The molecule has 2 amide bonds. The van der Waals surface area contributed by atoms with Gasteiger partial charge in [-0.1, -0.05) is 6.07 Å². The molecule has 0 bridgehead atoms. The zero-order chi connectivity index (χ0) is 13.5. The van der Waals surface area contributed by atoms with Gasteiger partial charge in [-0.25, -0.2) is 4.39 Å². The second-order valence-electron chi connectivity index (χ2n) is 3.77. The minimum absolute atomic E-state index is 0.0768. The molecule has 4 N–H and O–H groups in total. The van der Waals surface area contributed by atoms with Crippen LogP contribution in [0.2, 0.25) is 0 Å². The molecular weight excluding hydrogens is 237 g/mol. The predicted octanol–water partition coefficient (Wildman–Crippen LogP) is 0.150. The number of halogens is 1. The zero-order valence-electron chi connectivity index (χ0n) is 10.1. The van der Waals surface area contributed by atoms with E-state index in [1.807, 2.05) is 0 Å². The Bertz CT molecular complexity index is 449. The van der Waals surface area contributed by atoms with Crippen molar-refractivity contribution < 1.29 is 14.0 Å². The topological polar surface area (TPSA) is 84.2 Å². The highest BCUT2D eigenvalue weighted by atomic mass is 19.1. The first kappa shape index (κ1) is 14.1. The van der Waals surface area contributed by atoms with E-state index in [4.69, 9.17) is 5.73 Å². The maximum Gasteiger partial charge on any atom is 0.248 e. The highest BCUT2D eigenvalue weighted by Gasteiger charge is 2.06. The Morgan fingerprint density at radius 1 is 1.39 bits per heavy atom. The van der Waals surface area contributed by atoms with Gasteiger partial charge in [0.1, 0.15) is 5.82 Å². The summed E-state index contributed by atoms with van der Waals surface area (Å²) < 4.78 is 13.5. The van der Waals surface area contributed by atoms with E-state index in [1.54, 1.807) is 7.05 Å². The van der Waals surface area contributed by atoms with E-state index in [-0.39, 0.29) is 11.5 Å². The summed E-state index contributed by atoms with van der Waals surface area (Å²) in [6.45, 7) is 0.749. The van der Waals surface area contributed by atoms with Crippen molar-refractivity contribution in [1.82, 2.24) is 10.6 Å². The predicted molar refractivity (Wildman–Crippen MR) is 65.3 cm³/mol. The molecule has 0 aromatic heterocycles. The van der Waals surface area contributed by atoms with Crippen molar-refractivity contribution in [2.24, 2.45) is 5.73 Å². The average molecular weight is 253 g/mol. The van der Waals surface area contributed by atoms with Crippen LogP contribution in [0, 0.1) is 5.82 Å². The molecule has 0 spiro atoms. The maximum atomic E-state index is 13.5. The summed E-state index contributed by atoms with van der Waals surface area (Å²) in [4.78, 5) is 21.8. The summed E-state index contributed by atoms with van der Waals surface area (Å²) in [6.07, 6.45) is 0.331. The van der Waals surface area contributed by atoms with Crippen LogP contribution < -0.4 is 16.4 Å². The summed E-state index contributed by atoms with van der Waals surface area (Å²) >= 11 is 0. The van der Waals surface area contributed by atoms with Crippen LogP contribution in [0.15, 0.2) is 18.2 Å². The normalized spacial score (nSPS) is 10.1. The number of primary amides is 1. The Morgan fingerprint density at radius 2 is 2.11 bits per heavy atom. The number of carbonyl (C=O) groups is 2. The van der Waals surface area contributed by atoms with Gasteiger partial charge in [-0.2, -0.15) is 0 Å². The van der Waals surface area contributed by atoms with Crippen LogP contribution in [0.3, 0.4) is 0 Å². The number of rotatable bonds is 6. The maximum absolute atomic E-state index is 13.5. The molecule has 0 aliphatic rings. The molecule has 18 heavy (non-hydrogen) atoms. The van der Waals surface area contributed by atoms with Gasteiger partial charge >= 0.3 is 0 Å². The average Bonchev–Trinajstić information content (AvgIpc) is 2.35. The molecule has 0 saturated carbocycles. The molecule has 0 atom stereocenters. The SMILES string of the molecule is CNC(=O)CCNCc1ccc(C(N)=O)cc1F. The smallest absolute Gasteiger partial charge is 0.248 e. The van der Waals surface area contributed by atoms with Gasteiger partial charge < -0.3 is 16.4 Å². The van der Waals surface area contributed by atoms with Gasteiger partial charge in [0, 0.05) is 37.7 Å². The number of amides is 2. The summed E-state index contributed by atoms with van der Waals surface area (Å²) in [7, 11) is 1.56. The fourth-order valence-electron chi connectivity index (χ4n) is 1.39. The number of hydrogen-bond acceptors (Lipinski definition) is 3. The molecule has 1 aromatic rings. The van der Waals surface area contributed by atoms with Crippen LogP contribution >= 0.6 is 0 Å². The molecule has 5 nitrogen and oxygen atoms in total. The van der Waals surface area contributed by atoms with Crippen LogP contribution in [0.5, 0.6) is 0 Å². The molecule has 0 aliphatic heterocycles. The van der Waals surface area contributed by atoms with Crippen molar-refractivity contribution in [3.05, 3.63) is 35.1 Å². The van der Waals surface area contributed by atoms with Gasteiger partial charge in [-0.15, -0.1) is 0 Å². The molecule has 1 aromatic carbocycles. The molecule has 0 radical (unpaired) electrons. The minimum Gasteiger partial charge on any atom is -0.366 e. The first-order valence-electron chi connectivity index (χ1n) is 5.54. The fraction of sp³-hybridized carbons (Fsp3) is 0.333. The highest BCUT2D eigenvalue weighted by Crippen LogP contribution is 2.09. The number of nitrogens with one attached hydrogen (secondary N) is 2. The lowest BCUT2D eigenvalue weighted by Crippen LogP contribution is -2.24. The molecular formula is C12H16FN3O2. The third kappa shape index (κ3) is 4.14. The van der Waals surface area contributed by atoms with Gasteiger partial charge in [0.05, 0.1) is 0 Å². The van der Waals surface area contributed by atoms with E-state index in [1.165, 1.54) is 12.1 Å². The van der Waals surface area contributed by atoms with E-state index < -0.39 is 11.7 Å². The monoisotopic (exact) mass is 253 g/mol. The van der Waals surface area contributed by atoms with E-state index in [2.05, 4.69) is 10.6 Å². The molecule has 1 rings (SSSR count). The van der Waals surface area contributed by atoms with Crippen molar-refractivity contribution in [2.75, 3.05) is 13.6 Å². The third-order valence-electron chi connectivity index (χ3n) is 2.46. The molecule has 0 fully saturated rings. The Hall–Kier alpha value is -1.95. The summed E-state index contributed by atoms with van der Waals surface area (Å²) in [6, 6.07) is 4.08. The van der Waals surface area contributed by atoms with Gasteiger partial charge in [-0.3, -0.25) is 9.59 Å². The molecule has 0 aliphatic carbocycles. The lowest BCUT2D eigenvalue weighted by atomic mass is 10.1. The van der Waals surface area contributed by atoms with Crippen molar-refractivity contribution in [2.45, 2.75) is 13.0 Å². The Labute approximate surface area is 105 Å². The number of hydrogen-bond donors (Lipinski definition) is 3. The van der Waals surface area contributed by atoms with E-state index >= 15 is 0 Å². The van der Waals surface area contributed by atoms with Gasteiger partial charge in [0.15, 0.2) is 0 Å². The Kier molecular flexibility index (Phi) is 5.26. The molecule has 0 unspecified atom stereocenters. The van der Waals surface area contributed by atoms with Crippen LogP contribution in [0.25, 0.3) is 0 Å². The van der Waals surface area contributed by atoms with Gasteiger partial charge in [-0.05, 0) is 12.1 Å². The number of benzene rings is 1. The summed E-state index contributed by atoms with van der Waals surface area (Å²) in [5, 5.41) is 5.43.